The van der Waals surface area contributed by atoms with E-state index in [1.165, 1.54) is 49.6 Å². The number of rotatable bonds is 9. The van der Waals surface area contributed by atoms with Crippen molar-refractivity contribution in [2.45, 2.75) is 15.0 Å². The van der Waals surface area contributed by atoms with Gasteiger partial charge in [0, 0.05) is 11.4 Å². The lowest BCUT2D eigenvalue weighted by Gasteiger charge is -2.08. The number of ether oxygens (including phenoxy) is 1. The van der Waals surface area contributed by atoms with Gasteiger partial charge in [-0.15, -0.1) is 0 Å². The molecule has 0 fully saturated rings. The van der Waals surface area contributed by atoms with Gasteiger partial charge < -0.3 is 14.5 Å². The molecule has 3 aromatic carbocycles. The first-order chi connectivity index (χ1) is 17.0. The van der Waals surface area contributed by atoms with Gasteiger partial charge in [0.2, 0.25) is 15.9 Å². The van der Waals surface area contributed by atoms with Gasteiger partial charge in [-0.3, -0.25) is 9.52 Å². The highest BCUT2D eigenvalue weighted by molar-refractivity contribution is 7.99. The Morgan fingerprint density at radius 3 is 2.25 bits per heavy atom. The van der Waals surface area contributed by atoms with Crippen LogP contribution in [0.1, 0.15) is 0 Å². The van der Waals surface area contributed by atoms with Crippen molar-refractivity contribution in [1.29, 1.82) is 0 Å². The topological polar surface area (TPSA) is 171 Å². The van der Waals surface area contributed by atoms with E-state index in [2.05, 4.69) is 15.0 Å². The molecule has 4 aromatic rings. The smallest absolute Gasteiger partial charge is 0.261 e. The zero-order valence-electron chi connectivity index (χ0n) is 18.7. The van der Waals surface area contributed by atoms with Crippen molar-refractivity contribution in [3.63, 3.8) is 0 Å². The fourth-order valence-corrected chi connectivity index (χ4v) is 5.27. The van der Waals surface area contributed by atoms with E-state index < -0.39 is 20.0 Å². The molecule has 1 amide bonds. The summed E-state index contributed by atoms with van der Waals surface area (Å²) in [6, 6.07) is 16.1. The molecule has 4 rings (SSSR count). The lowest BCUT2D eigenvalue weighted by Crippen LogP contribution is -2.15. The predicted octanol–water partition coefficient (Wildman–Crippen LogP) is 3.02. The highest BCUT2D eigenvalue weighted by Gasteiger charge is 2.18. The molecule has 0 unspecified atom stereocenters. The van der Waals surface area contributed by atoms with E-state index in [4.69, 9.17) is 14.3 Å². The van der Waals surface area contributed by atoms with Crippen LogP contribution in [0.3, 0.4) is 0 Å². The van der Waals surface area contributed by atoms with Crippen LogP contribution >= 0.6 is 11.8 Å². The van der Waals surface area contributed by atoms with Crippen molar-refractivity contribution in [2.24, 2.45) is 5.14 Å². The molecule has 0 aliphatic rings. The van der Waals surface area contributed by atoms with Crippen molar-refractivity contribution in [2.75, 3.05) is 22.9 Å². The zero-order valence-corrected chi connectivity index (χ0v) is 21.1. The fourth-order valence-electron chi connectivity index (χ4n) is 3.04. The number of oxazole rings is 1. The number of carbonyl (C=O) groups is 1. The summed E-state index contributed by atoms with van der Waals surface area (Å²) in [7, 11) is -6.18. The Balaban J connectivity index is 1.40. The first-order valence-electron chi connectivity index (χ1n) is 10.2. The van der Waals surface area contributed by atoms with Crippen molar-refractivity contribution in [3.05, 3.63) is 66.7 Å². The van der Waals surface area contributed by atoms with Crippen LogP contribution in [0.25, 0.3) is 11.1 Å². The summed E-state index contributed by atoms with van der Waals surface area (Å²) < 4.78 is 61.3. The lowest BCUT2D eigenvalue weighted by molar-refractivity contribution is -0.113. The number of hydrogen-bond donors (Lipinski definition) is 3. The zero-order chi connectivity index (χ0) is 25.9. The average molecular weight is 549 g/mol. The van der Waals surface area contributed by atoms with Crippen molar-refractivity contribution < 1.29 is 30.8 Å². The number of anilines is 2. The van der Waals surface area contributed by atoms with Crippen LogP contribution < -0.4 is 19.9 Å². The highest BCUT2D eigenvalue weighted by atomic mass is 32.2. The molecule has 14 heteroatoms. The van der Waals surface area contributed by atoms with E-state index in [-0.39, 0.29) is 26.7 Å². The third-order valence-corrected chi connectivity index (χ3v) is 7.92. The molecule has 0 atom stereocenters. The molecule has 4 N–H and O–H groups in total. The van der Waals surface area contributed by atoms with Gasteiger partial charge in [0.05, 0.1) is 22.7 Å². The van der Waals surface area contributed by atoms with Gasteiger partial charge in [-0.2, -0.15) is 0 Å². The minimum absolute atomic E-state index is 0.00338. The van der Waals surface area contributed by atoms with Crippen LogP contribution in [0.5, 0.6) is 5.75 Å². The number of benzene rings is 3. The first-order valence-corrected chi connectivity index (χ1v) is 14.2. The van der Waals surface area contributed by atoms with Crippen LogP contribution in [0.2, 0.25) is 0 Å². The molecule has 188 valence electrons. The lowest BCUT2D eigenvalue weighted by atomic mass is 10.3. The van der Waals surface area contributed by atoms with Crippen molar-refractivity contribution in [1.82, 2.24) is 4.98 Å². The van der Waals surface area contributed by atoms with Crippen LogP contribution in [-0.2, 0) is 24.8 Å². The molecular formula is C22H20N4O7S3. The first kappa shape index (κ1) is 25.5. The van der Waals surface area contributed by atoms with Crippen LogP contribution in [0, 0.1) is 0 Å². The molecule has 1 heterocycles. The van der Waals surface area contributed by atoms with E-state index in [1.807, 2.05) is 0 Å². The summed E-state index contributed by atoms with van der Waals surface area (Å²) in [4.78, 5) is 16.4. The number of sulfonamides is 2. The maximum atomic E-state index is 12.8. The van der Waals surface area contributed by atoms with Gasteiger partial charge >= 0.3 is 0 Å². The molecule has 0 radical (unpaired) electrons. The molecule has 11 nitrogen and oxygen atoms in total. The minimum atomic E-state index is -3.88. The number of nitrogens with one attached hydrogen (secondary N) is 2. The van der Waals surface area contributed by atoms with E-state index in [9.17, 15) is 21.6 Å². The fraction of sp³-hybridized carbons (Fsp3) is 0.0909. The Morgan fingerprint density at radius 2 is 1.61 bits per heavy atom. The number of fused-ring (bicyclic) bond motifs is 1. The monoisotopic (exact) mass is 548 g/mol. The molecule has 36 heavy (non-hydrogen) atoms. The molecular weight excluding hydrogens is 528 g/mol. The molecule has 1 aromatic heterocycles. The predicted molar refractivity (Wildman–Crippen MR) is 135 cm³/mol. The standard InChI is InChI=1S/C22H20N4O7S3/c1-32-16-6-2-15(3-7-16)26-36(30,31)18-10-11-20-19(12-18)25-22(33-20)34-13-21(27)24-14-4-8-17(9-5-14)35(23,28)29/h2-12,26H,13H2,1H3,(H,24,27)(H2,23,28,29). The summed E-state index contributed by atoms with van der Waals surface area (Å²) in [5.74, 6) is 0.173. The van der Waals surface area contributed by atoms with Crippen molar-refractivity contribution in [3.8, 4) is 5.75 Å². The Bertz CT molecular complexity index is 1620. The molecule has 0 saturated carbocycles. The number of amides is 1. The highest BCUT2D eigenvalue weighted by Crippen LogP contribution is 2.27. The van der Waals surface area contributed by atoms with Gasteiger partial charge in [0.15, 0.2) is 5.58 Å². The number of thioether (sulfide) groups is 1. The molecule has 0 saturated heterocycles. The van der Waals surface area contributed by atoms with E-state index in [1.54, 1.807) is 24.3 Å². The average Bonchev–Trinajstić information content (AvgIpc) is 3.25. The van der Waals surface area contributed by atoms with Gasteiger partial charge in [-0.1, -0.05) is 11.8 Å². The van der Waals surface area contributed by atoms with Gasteiger partial charge in [0.25, 0.3) is 15.2 Å². The number of primary sulfonamides is 1. The largest absolute Gasteiger partial charge is 0.497 e. The quantitative estimate of drug-likeness (QED) is 0.266. The normalized spacial score (nSPS) is 11.8. The van der Waals surface area contributed by atoms with Gasteiger partial charge in [-0.25, -0.2) is 27.0 Å². The van der Waals surface area contributed by atoms with Crippen molar-refractivity contribution >= 4 is 60.2 Å². The number of aromatic nitrogens is 1. The number of methoxy groups -OCH3 is 1. The molecule has 0 bridgehead atoms. The number of hydrogen-bond acceptors (Lipinski definition) is 9. The van der Waals surface area contributed by atoms with Gasteiger partial charge in [0.1, 0.15) is 11.3 Å². The number of carbonyl (C=O) groups excluding carboxylic acids is 1. The Hall–Kier alpha value is -3.59. The van der Waals surface area contributed by atoms with E-state index in [0.717, 1.165) is 11.8 Å². The second-order valence-electron chi connectivity index (χ2n) is 7.35. The Morgan fingerprint density at radius 1 is 0.972 bits per heavy atom. The van der Waals surface area contributed by atoms with Crippen LogP contribution in [-0.4, -0.2) is 40.6 Å². The van der Waals surface area contributed by atoms with Gasteiger partial charge in [-0.05, 0) is 66.7 Å². The Kier molecular flexibility index (Phi) is 7.21. The minimum Gasteiger partial charge on any atom is -0.497 e. The SMILES string of the molecule is COc1ccc(NS(=O)(=O)c2ccc3oc(SCC(=O)Nc4ccc(S(N)(=O)=O)cc4)nc3c2)cc1. The molecule has 0 aliphatic carbocycles. The summed E-state index contributed by atoms with van der Waals surface area (Å²) >= 11 is 1.02. The molecule has 0 aliphatic heterocycles. The van der Waals surface area contributed by atoms with E-state index in [0.29, 0.717) is 28.2 Å². The maximum absolute atomic E-state index is 12.8. The second-order valence-corrected chi connectivity index (χ2v) is 11.5. The van der Waals surface area contributed by atoms with E-state index >= 15 is 0 Å². The number of nitrogens with zero attached hydrogens (tertiary/aromatic N) is 1. The third kappa shape index (κ3) is 6.15. The number of nitrogens with two attached hydrogens (primary N) is 1. The van der Waals surface area contributed by atoms with Crippen LogP contribution in [0.15, 0.2) is 86.2 Å². The summed E-state index contributed by atoms with van der Waals surface area (Å²) in [5.41, 5.74) is 1.44. The Labute approximate surface area is 211 Å². The summed E-state index contributed by atoms with van der Waals surface area (Å²) in [5, 5.41) is 7.86. The second kappa shape index (κ2) is 10.2. The van der Waals surface area contributed by atoms with Crippen LogP contribution in [0.4, 0.5) is 11.4 Å². The summed E-state index contributed by atoms with van der Waals surface area (Å²) in [6.07, 6.45) is 0. The maximum Gasteiger partial charge on any atom is 0.261 e. The molecule has 0 spiro atoms. The summed E-state index contributed by atoms with van der Waals surface area (Å²) in [6.45, 7) is 0. The third-order valence-electron chi connectivity index (χ3n) is 4.79.